The molecule has 7 rings (SSSR count). The molecule has 0 saturated carbocycles. The van der Waals surface area contributed by atoms with E-state index < -0.39 is 51.5 Å². The number of amides is 7. The first kappa shape index (κ1) is 44.8. The maximum Gasteiger partial charge on any atom is 0.262 e. The smallest absolute Gasteiger partial charge is 0.262 e. The Kier molecular flexibility index (Phi) is 13.6. The Morgan fingerprint density at radius 1 is 0.891 bits per heavy atom. The third-order valence-electron chi connectivity index (χ3n) is 10.4. The van der Waals surface area contributed by atoms with Gasteiger partial charge in [0.25, 0.3) is 17.7 Å². The molecule has 1 atom stereocenters. The molecule has 5 aromatic rings. The topological polar surface area (TPSA) is 251 Å². The van der Waals surface area contributed by atoms with Gasteiger partial charge in [-0.05, 0) is 79.3 Å². The summed E-state index contributed by atoms with van der Waals surface area (Å²) in [6, 6.07) is 16.6. The van der Waals surface area contributed by atoms with Crippen molar-refractivity contribution in [3.05, 3.63) is 101 Å². The van der Waals surface area contributed by atoms with Crippen LogP contribution in [0.3, 0.4) is 0 Å². The highest BCUT2D eigenvalue weighted by Gasteiger charge is 2.44. The Hall–Kier alpha value is -7.26. The van der Waals surface area contributed by atoms with Crippen molar-refractivity contribution < 1.29 is 42.0 Å². The minimum absolute atomic E-state index is 0.0549. The zero-order valence-corrected chi connectivity index (χ0v) is 36.4. The first-order valence-electron chi connectivity index (χ1n) is 20.2. The number of thiazole rings is 1. The van der Waals surface area contributed by atoms with Crippen molar-refractivity contribution >= 4 is 79.3 Å². The van der Waals surface area contributed by atoms with E-state index in [4.69, 9.17) is 0 Å². The average molecular weight is 909 g/mol. The quantitative estimate of drug-likeness (QED) is 0.0627. The number of benzene rings is 2. The Bertz CT molecular complexity index is 2770. The molecule has 5 N–H and O–H groups in total. The predicted octanol–water partition coefficient (Wildman–Crippen LogP) is 3.09. The fourth-order valence-corrected chi connectivity index (χ4v) is 8.42. The number of aromatic nitrogens is 3. The minimum Gasteiger partial charge on any atom is -0.385 e. The first-order chi connectivity index (χ1) is 30.6. The lowest BCUT2D eigenvalue weighted by atomic mass is 10.0. The summed E-state index contributed by atoms with van der Waals surface area (Å²) in [5, 5.41) is 15.7. The molecular formula is C43H44N10O9S2. The number of fused-ring (bicyclic) bond motifs is 1. The maximum absolute atomic E-state index is 13.1. The number of imide groups is 2. The number of anilines is 3. The standard InChI is InChI=1S/C43H44N10O9S2/c1-51(24-38(56)46-16-5-3-4-15-44-30-9-10-31-32(21-30)42(60)53(41(31)59)34-11-12-36(54)49-40(34)58)35-20-27(13-17-45-35)26-7-6-8-28(19-26)33-25-63-43(48-33)50-37(55)22-47-39(57)29-14-18-52(23-29)64(2,61)62/h6-10,13-14,17-21,23,25,34,44H,3-5,11-12,15-16,22,24H2,1-2H3,(H,46,56)(H,47,57)(H,48,50,55)(H,49,54,58). The van der Waals surface area contributed by atoms with Gasteiger partial charge in [0.2, 0.25) is 33.7 Å². The van der Waals surface area contributed by atoms with Crippen molar-refractivity contribution in [2.24, 2.45) is 0 Å². The number of nitrogens with zero attached hydrogens (tertiary/aromatic N) is 5. The van der Waals surface area contributed by atoms with Gasteiger partial charge in [-0.2, -0.15) is 0 Å². The van der Waals surface area contributed by atoms with Crippen LogP contribution in [0.1, 0.15) is 63.2 Å². The lowest BCUT2D eigenvalue weighted by Crippen LogP contribution is -2.54. The molecule has 1 saturated heterocycles. The van der Waals surface area contributed by atoms with Crippen LogP contribution in [0.2, 0.25) is 0 Å². The fraction of sp³-hybridized carbons (Fsp3) is 0.279. The van der Waals surface area contributed by atoms with Crippen LogP contribution >= 0.6 is 11.3 Å². The molecule has 2 aromatic carbocycles. The van der Waals surface area contributed by atoms with E-state index >= 15 is 0 Å². The van der Waals surface area contributed by atoms with Gasteiger partial charge >= 0.3 is 0 Å². The number of carbonyl (C=O) groups is 7. The highest BCUT2D eigenvalue weighted by atomic mass is 32.2. The van der Waals surface area contributed by atoms with Gasteiger partial charge < -0.3 is 26.2 Å². The molecule has 21 heteroatoms. The largest absolute Gasteiger partial charge is 0.385 e. The van der Waals surface area contributed by atoms with E-state index in [2.05, 4.69) is 36.6 Å². The van der Waals surface area contributed by atoms with E-state index in [1.807, 2.05) is 36.4 Å². The van der Waals surface area contributed by atoms with Crippen molar-refractivity contribution in [2.75, 3.05) is 55.0 Å². The van der Waals surface area contributed by atoms with Crippen molar-refractivity contribution in [1.82, 2.24) is 34.8 Å². The van der Waals surface area contributed by atoms with Crippen LogP contribution in [0.4, 0.5) is 16.6 Å². The molecular weight excluding hydrogens is 865 g/mol. The van der Waals surface area contributed by atoms with E-state index in [0.717, 1.165) is 51.1 Å². The molecule has 64 heavy (non-hydrogen) atoms. The van der Waals surface area contributed by atoms with Gasteiger partial charge in [-0.15, -0.1) is 11.3 Å². The van der Waals surface area contributed by atoms with Crippen molar-refractivity contribution in [3.8, 4) is 22.4 Å². The number of hydrogen-bond acceptors (Lipinski definition) is 14. The number of rotatable bonds is 18. The summed E-state index contributed by atoms with van der Waals surface area (Å²) >= 11 is 1.22. The summed E-state index contributed by atoms with van der Waals surface area (Å²) < 4.78 is 24.2. The third-order valence-corrected chi connectivity index (χ3v) is 12.2. The lowest BCUT2D eigenvalue weighted by Gasteiger charge is -2.27. The molecule has 2 aliphatic rings. The molecule has 0 aliphatic carbocycles. The number of pyridine rings is 1. The Balaban J connectivity index is 0.822. The highest BCUT2D eigenvalue weighted by Crippen LogP contribution is 2.31. The average Bonchev–Trinajstić information content (AvgIpc) is 4.02. The second kappa shape index (κ2) is 19.4. The van der Waals surface area contributed by atoms with E-state index in [-0.39, 0.29) is 48.5 Å². The Labute approximate surface area is 371 Å². The predicted molar refractivity (Wildman–Crippen MR) is 238 cm³/mol. The number of carbonyl (C=O) groups excluding carboxylic acids is 7. The number of nitrogens with one attached hydrogen (secondary N) is 5. The van der Waals surface area contributed by atoms with Gasteiger partial charge in [0, 0.05) is 61.8 Å². The molecule has 1 unspecified atom stereocenters. The molecule has 2 aliphatic heterocycles. The molecule has 1 fully saturated rings. The summed E-state index contributed by atoms with van der Waals surface area (Å²) in [7, 11) is -1.75. The number of likely N-dealkylation sites (N-methyl/N-ethyl adjacent to an activating group) is 1. The minimum atomic E-state index is -3.54. The van der Waals surface area contributed by atoms with Gasteiger partial charge in [-0.3, -0.25) is 47.8 Å². The molecule has 7 amide bonds. The molecule has 19 nitrogen and oxygen atoms in total. The van der Waals surface area contributed by atoms with Gasteiger partial charge in [0.1, 0.15) is 11.9 Å². The van der Waals surface area contributed by atoms with Crippen LogP contribution in [0, 0.1) is 0 Å². The number of hydrogen-bond donors (Lipinski definition) is 5. The van der Waals surface area contributed by atoms with Crippen LogP contribution < -0.4 is 31.5 Å². The van der Waals surface area contributed by atoms with Crippen LogP contribution in [0.25, 0.3) is 22.4 Å². The molecule has 3 aromatic heterocycles. The van der Waals surface area contributed by atoms with E-state index in [0.29, 0.717) is 35.4 Å². The zero-order valence-electron chi connectivity index (χ0n) is 34.8. The molecule has 332 valence electrons. The number of unbranched alkanes of at least 4 members (excludes halogenated alkanes) is 2. The zero-order chi connectivity index (χ0) is 45.5. The third kappa shape index (κ3) is 10.7. The van der Waals surface area contributed by atoms with Crippen LogP contribution in [0.5, 0.6) is 0 Å². The fourth-order valence-electron chi connectivity index (χ4n) is 7.09. The van der Waals surface area contributed by atoms with Crippen molar-refractivity contribution in [3.63, 3.8) is 0 Å². The second-order valence-electron chi connectivity index (χ2n) is 15.1. The summed E-state index contributed by atoms with van der Waals surface area (Å²) in [6.07, 6.45) is 7.61. The number of piperidine rings is 1. The normalized spacial score (nSPS) is 14.8. The summed E-state index contributed by atoms with van der Waals surface area (Å²) in [6.45, 7) is 0.830. The summed E-state index contributed by atoms with van der Waals surface area (Å²) in [5.41, 5.74) is 4.38. The van der Waals surface area contributed by atoms with Gasteiger partial charge in [-0.1, -0.05) is 18.2 Å². The second-order valence-corrected chi connectivity index (χ2v) is 17.9. The van der Waals surface area contributed by atoms with E-state index in [9.17, 15) is 42.0 Å². The van der Waals surface area contributed by atoms with Crippen LogP contribution in [0.15, 0.2) is 84.6 Å². The summed E-state index contributed by atoms with van der Waals surface area (Å²) in [4.78, 5) is 99.4. The van der Waals surface area contributed by atoms with Crippen molar-refractivity contribution in [1.29, 1.82) is 0 Å². The molecule has 5 heterocycles. The van der Waals surface area contributed by atoms with E-state index in [1.54, 1.807) is 41.7 Å². The Morgan fingerprint density at radius 2 is 1.66 bits per heavy atom. The highest BCUT2D eigenvalue weighted by molar-refractivity contribution is 7.89. The molecule has 0 bridgehead atoms. The molecule has 0 radical (unpaired) electrons. The van der Waals surface area contributed by atoms with E-state index in [1.165, 1.54) is 29.8 Å². The van der Waals surface area contributed by atoms with Crippen LogP contribution in [-0.4, -0.2) is 114 Å². The first-order valence-corrected chi connectivity index (χ1v) is 22.9. The lowest BCUT2D eigenvalue weighted by molar-refractivity contribution is -0.136. The van der Waals surface area contributed by atoms with Crippen molar-refractivity contribution in [2.45, 2.75) is 38.1 Å². The monoisotopic (exact) mass is 908 g/mol. The van der Waals surface area contributed by atoms with Crippen LogP contribution in [-0.2, 0) is 29.2 Å². The SMILES string of the molecule is CN(CC(=O)NCCCCCNc1ccc2c(c1)C(=O)N(C1CCC(=O)NC1=O)C2=O)c1cc(-c2cccc(-c3csc(NC(=O)CNC(=O)c4ccn(S(C)(=O)=O)c4)n3)c2)ccn1. The maximum atomic E-state index is 13.1. The van der Waals surface area contributed by atoms with Gasteiger partial charge in [-0.25, -0.2) is 18.4 Å². The molecule has 0 spiro atoms. The van der Waals surface area contributed by atoms with Gasteiger partial charge in [0.05, 0.1) is 41.7 Å². The summed E-state index contributed by atoms with van der Waals surface area (Å²) in [5.74, 6) is -2.84. The van der Waals surface area contributed by atoms with Gasteiger partial charge in [0.15, 0.2) is 5.13 Å². The Morgan fingerprint density at radius 3 is 2.44 bits per heavy atom.